The van der Waals surface area contributed by atoms with Gasteiger partial charge >= 0.3 is 12.1 Å². The van der Waals surface area contributed by atoms with Crippen LogP contribution in [0.2, 0.25) is 10.0 Å². The summed E-state index contributed by atoms with van der Waals surface area (Å²) in [5.74, 6) is -2.17. The van der Waals surface area contributed by atoms with Crippen molar-refractivity contribution in [2.45, 2.75) is 76.2 Å². The van der Waals surface area contributed by atoms with E-state index in [-0.39, 0.29) is 27.5 Å². The summed E-state index contributed by atoms with van der Waals surface area (Å²) >= 11 is 11.3. The normalized spacial score (nSPS) is 14.7. The first-order chi connectivity index (χ1) is 32.9. The summed E-state index contributed by atoms with van der Waals surface area (Å²) in [6, 6.07) is 18.2. The number of carbonyl (C=O) groups is 2. The molecule has 3 aromatic heterocycles. The first-order valence-electron chi connectivity index (χ1n) is 22.0. The van der Waals surface area contributed by atoms with Gasteiger partial charge in [-0.2, -0.15) is 18.6 Å². The Morgan fingerprint density at radius 1 is 0.884 bits per heavy atom. The number of aromatic nitrogens is 6. The molecule has 2 fully saturated rings. The van der Waals surface area contributed by atoms with E-state index in [1.54, 1.807) is 59.8 Å². The van der Waals surface area contributed by atoms with E-state index in [1.807, 2.05) is 33.8 Å². The lowest BCUT2D eigenvalue weighted by Crippen LogP contribution is -2.43. The monoisotopic (exact) mass is 1000 g/mol. The highest BCUT2D eigenvalue weighted by atomic mass is 35.5. The molecule has 2 aliphatic rings. The minimum absolute atomic E-state index is 0.000583. The lowest BCUT2D eigenvalue weighted by atomic mass is 9.89. The number of aryl methyl sites for hydroxylation is 1. The van der Waals surface area contributed by atoms with E-state index in [9.17, 15) is 26.8 Å². The van der Waals surface area contributed by atoms with Gasteiger partial charge in [-0.25, -0.2) is 43.1 Å². The maximum atomic E-state index is 14.5. The van der Waals surface area contributed by atoms with Crippen molar-refractivity contribution in [2.75, 3.05) is 26.2 Å². The number of benzene rings is 3. The Hall–Kier alpha value is -6.41. The summed E-state index contributed by atoms with van der Waals surface area (Å²) < 4.78 is 58.1. The number of nitrogens with zero attached hydrogens (tertiary/aromatic N) is 7. The third-order valence-electron chi connectivity index (χ3n) is 11.0. The van der Waals surface area contributed by atoms with Crippen molar-refractivity contribution in [3.05, 3.63) is 142 Å². The zero-order chi connectivity index (χ0) is 49.7. The number of halogens is 4. The standard InChI is InChI=1S/C23H31N5O4S.C18H17ClFN5.C7H4ClFO2/c1-17-5-7-20(8-6-17)33(30,31)27-26-21(15-19-9-12-24-16-25-19)18-10-13-28(14-11-18)22(29)32-23(2,3)4;19-12-1-2-13(14(20)9-12)18-16(15-5-8-22-10-23-15)17(24-25-18)11-3-6-21-7-4-11;8-4-1-2-5(7(10)11)6(9)3-4/h5-9,12,16,18,27H,10-11,13-15H2,1-4H3;1-2,5,8-11,21H,3-4,6-7H2,(H,24,25);1-3H,(H,10,11)/b26-21-;;. The van der Waals surface area contributed by atoms with Gasteiger partial charge in [0, 0.05) is 82.0 Å². The number of carboxylic acid groups (broad SMARTS) is 1. The number of rotatable bonds is 10. The molecule has 2 aliphatic heterocycles. The summed E-state index contributed by atoms with van der Waals surface area (Å²) in [6.45, 7) is 10.3. The van der Waals surface area contributed by atoms with Crippen LogP contribution < -0.4 is 10.1 Å². The predicted octanol–water partition coefficient (Wildman–Crippen LogP) is 9.28. The van der Waals surface area contributed by atoms with E-state index in [0.29, 0.717) is 60.3 Å². The molecule has 0 bridgehead atoms. The molecule has 8 rings (SSSR count). The molecule has 0 spiro atoms. The molecule has 2 saturated heterocycles. The van der Waals surface area contributed by atoms with E-state index in [2.05, 4.69) is 45.4 Å². The van der Waals surface area contributed by atoms with Crippen LogP contribution in [0.3, 0.4) is 0 Å². The minimum atomic E-state index is -3.80. The highest BCUT2D eigenvalue weighted by Gasteiger charge is 2.30. The van der Waals surface area contributed by atoms with E-state index in [0.717, 1.165) is 66.3 Å². The number of sulfonamides is 1. The highest BCUT2D eigenvalue weighted by molar-refractivity contribution is 7.89. The van der Waals surface area contributed by atoms with Gasteiger partial charge in [-0.15, -0.1) is 0 Å². The van der Waals surface area contributed by atoms with Crippen molar-refractivity contribution in [2.24, 2.45) is 11.0 Å². The number of hydrazone groups is 1. The van der Waals surface area contributed by atoms with Gasteiger partial charge in [0.15, 0.2) is 0 Å². The summed E-state index contributed by atoms with van der Waals surface area (Å²) in [5, 5.41) is 24.2. The molecule has 16 nitrogen and oxygen atoms in total. The molecule has 0 radical (unpaired) electrons. The van der Waals surface area contributed by atoms with E-state index < -0.39 is 33.2 Å². The topological polar surface area (TPSA) is 218 Å². The van der Waals surface area contributed by atoms with E-state index in [1.165, 1.54) is 24.8 Å². The molecule has 4 N–H and O–H groups in total. The average Bonchev–Trinajstić information content (AvgIpc) is 3.76. The Kier molecular flexibility index (Phi) is 17.9. The van der Waals surface area contributed by atoms with E-state index in [4.69, 9.17) is 33.0 Å². The summed E-state index contributed by atoms with van der Waals surface area (Å²) in [4.78, 5) is 43.4. The maximum absolute atomic E-state index is 14.5. The predicted molar refractivity (Wildman–Crippen MR) is 258 cm³/mol. The third-order valence-corrected chi connectivity index (χ3v) is 12.7. The number of hydrogen-bond donors (Lipinski definition) is 4. The second kappa shape index (κ2) is 23.7. The van der Waals surface area contributed by atoms with Gasteiger partial charge in [0.2, 0.25) is 0 Å². The Balaban J connectivity index is 0.000000190. The lowest BCUT2D eigenvalue weighted by molar-refractivity contribution is 0.0201. The number of aromatic carboxylic acids is 1. The van der Waals surface area contributed by atoms with Crippen LogP contribution in [0.1, 0.15) is 79.7 Å². The van der Waals surface area contributed by atoms with Crippen LogP contribution >= 0.6 is 23.2 Å². The number of piperidine rings is 2. The molecule has 6 aromatic rings. The van der Waals surface area contributed by atoms with E-state index >= 15 is 0 Å². The maximum Gasteiger partial charge on any atom is 0.410 e. The van der Waals surface area contributed by atoms with Gasteiger partial charge < -0.3 is 20.1 Å². The molecular weight excluding hydrogens is 954 g/mol. The Bertz CT molecular complexity index is 2820. The molecule has 69 heavy (non-hydrogen) atoms. The molecule has 0 atom stereocenters. The first kappa shape index (κ1) is 52.0. The van der Waals surface area contributed by atoms with Gasteiger partial charge in [0.25, 0.3) is 10.0 Å². The summed E-state index contributed by atoms with van der Waals surface area (Å²) in [6.07, 6.45) is 9.62. The molecule has 0 aliphatic carbocycles. The minimum Gasteiger partial charge on any atom is -0.478 e. The molecule has 0 saturated carbocycles. The number of carboxylic acids is 1. The molecule has 3 aromatic carbocycles. The fraction of sp³-hybridized carbons (Fsp3) is 0.333. The van der Waals surface area contributed by atoms with Crippen LogP contribution in [0.15, 0.2) is 108 Å². The highest BCUT2D eigenvalue weighted by Crippen LogP contribution is 2.39. The quantitative estimate of drug-likeness (QED) is 0.0746. The van der Waals surface area contributed by atoms with Crippen molar-refractivity contribution < 1.29 is 36.6 Å². The third kappa shape index (κ3) is 14.8. The van der Waals surface area contributed by atoms with Gasteiger partial charge in [0.1, 0.15) is 35.6 Å². The molecule has 364 valence electrons. The number of aromatic amines is 1. The average molecular weight is 1010 g/mol. The molecule has 5 heterocycles. The summed E-state index contributed by atoms with van der Waals surface area (Å²) in [5.41, 5.74) is 5.02. The fourth-order valence-electron chi connectivity index (χ4n) is 7.49. The van der Waals surface area contributed by atoms with Crippen LogP contribution in [-0.4, -0.2) is 98.1 Å². The Labute approximate surface area is 409 Å². The number of hydrogen-bond acceptors (Lipinski definition) is 12. The second-order valence-electron chi connectivity index (χ2n) is 17.2. The molecule has 0 unspecified atom stereocenters. The van der Waals surface area contributed by atoms with Crippen LogP contribution in [0.25, 0.3) is 22.5 Å². The van der Waals surface area contributed by atoms with Gasteiger partial charge in [-0.05, 0) is 127 Å². The number of H-pyrrole nitrogens is 1. The zero-order valence-corrected chi connectivity index (χ0v) is 40.6. The summed E-state index contributed by atoms with van der Waals surface area (Å²) in [7, 11) is -3.80. The van der Waals surface area contributed by atoms with Gasteiger partial charge in [-0.1, -0.05) is 40.9 Å². The van der Waals surface area contributed by atoms with Gasteiger partial charge in [0.05, 0.1) is 16.2 Å². The smallest absolute Gasteiger partial charge is 0.410 e. The molecule has 1 amide bonds. The number of ether oxygens (including phenoxy) is 1. The van der Waals surface area contributed by atoms with Crippen LogP contribution in [0.5, 0.6) is 0 Å². The molecule has 21 heteroatoms. The Morgan fingerprint density at radius 2 is 1.52 bits per heavy atom. The van der Waals surface area contributed by atoms with Crippen molar-refractivity contribution in [1.29, 1.82) is 0 Å². The number of amides is 1. The van der Waals surface area contributed by atoms with Crippen LogP contribution in [0, 0.1) is 24.5 Å². The number of carbonyl (C=O) groups excluding carboxylic acids is 1. The van der Waals surface area contributed by atoms with Crippen molar-refractivity contribution >= 4 is 51.0 Å². The number of likely N-dealkylation sites (tertiary alicyclic amines) is 1. The zero-order valence-electron chi connectivity index (χ0n) is 38.3. The molecular formula is C48H52Cl2F2N10O6S. The van der Waals surface area contributed by atoms with Crippen LogP contribution in [0.4, 0.5) is 13.6 Å². The van der Waals surface area contributed by atoms with Crippen molar-refractivity contribution in [3.63, 3.8) is 0 Å². The number of nitrogens with one attached hydrogen (secondary N) is 3. The van der Waals surface area contributed by atoms with Crippen molar-refractivity contribution in [1.82, 2.24) is 45.2 Å². The second-order valence-corrected chi connectivity index (χ2v) is 19.7. The largest absolute Gasteiger partial charge is 0.478 e. The van der Waals surface area contributed by atoms with Gasteiger partial charge in [-0.3, -0.25) is 5.10 Å². The SMILES string of the molecule is Cc1ccc(S(=O)(=O)N/N=C(/Cc2ccncn2)C2CCN(C(=O)OC(C)(C)C)CC2)cc1.Fc1cc(Cl)ccc1-c1n[nH]c(C2CCNCC2)c1-c1ccncn1.O=C(O)c1ccc(Cl)cc1F. The first-order valence-corrected chi connectivity index (χ1v) is 24.2. The van der Waals surface area contributed by atoms with Crippen LogP contribution in [-0.2, 0) is 21.2 Å². The van der Waals surface area contributed by atoms with Crippen molar-refractivity contribution in [3.8, 4) is 22.5 Å². The Morgan fingerprint density at radius 3 is 2.10 bits per heavy atom. The fourth-order valence-corrected chi connectivity index (χ4v) is 8.65. The lowest BCUT2D eigenvalue weighted by Gasteiger charge is -2.33.